The van der Waals surface area contributed by atoms with Crippen LogP contribution in [0.1, 0.15) is 24.4 Å². The molecule has 29 heavy (non-hydrogen) atoms. The molecule has 2 aliphatic heterocycles. The molecule has 1 fully saturated rings. The van der Waals surface area contributed by atoms with Gasteiger partial charge in [0.05, 0.1) is 11.5 Å². The predicted molar refractivity (Wildman–Crippen MR) is 107 cm³/mol. The molecule has 2 heterocycles. The smallest absolute Gasteiger partial charge is 0.292 e. The Balaban J connectivity index is 1.47. The van der Waals surface area contributed by atoms with Crippen molar-refractivity contribution in [3.05, 3.63) is 57.1 Å². The van der Waals surface area contributed by atoms with Crippen molar-refractivity contribution in [1.29, 1.82) is 0 Å². The molecule has 2 aromatic carbocycles. The number of nitro benzene ring substituents is 1. The molecule has 2 N–H and O–H groups in total. The highest BCUT2D eigenvalue weighted by Gasteiger charge is 2.33. The summed E-state index contributed by atoms with van der Waals surface area (Å²) in [7, 11) is 0. The van der Waals surface area contributed by atoms with Gasteiger partial charge in [-0.15, -0.1) is 0 Å². The van der Waals surface area contributed by atoms with Gasteiger partial charge in [0.25, 0.3) is 11.6 Å². The van der Waals surface area contributed by atoms with Crippen LogP contribution in [0.15, 0.2) is 36.4 Å². The number of ether oxygens (including phenoxy) is 2. The van der Waals surface area contributed by atoms with Crippen molar-refractivity contribution in [3.63, 3.8) is 0 Å². The standard InChI is InChI=1S/C20H20ClN3O5/c21-14-4-5-17(24(26)27)15(11-14)22-20(25)12-23-7-1-2-16(23)13-3-6-18-19(10-13)29-9-8-28-18/h3-6,10-11,16H,1-2,7-9,12H2,(H,22,25)/p+1/t16-/m1/s1. The first-order valence-corrected chi connectivity index (χ1v) is 9.87. The van der Waals surface area contributed by atoms with Crippen molar-refractivity contribution in [3.8, 4) is 11.5 Å². The van der Waals surface area contributed by atoms with Gasteiger partial charge in [-0.1, -0.05) is 11.6 Å². The van der Waals surface area contributed by atoms with Gasteiger partial charge in [0.15, 0.2) is 18.0 Å². The van der Waals surface area contributed by atoms with Crippen LogP contribution in [0, 0.1) is 10.1 Å². The fourth-order valence-electron chi connectivity index (χ4n) is 3.97. The molecule has 1 amide bonds. The van der Waals surface area contributed by atoms with E-state index in [4.69, 9.17) is 21.1 Å². The largest absolute Gasteiger partial charge is 0.486 e. The molecule has 1 unspecified atom stereocenters. The Bertz CT molecular complexity index is 952. The Morgan fingerprint density at radius 3 is 2.79 bits per heavy atom. The number of nitrogens with one attached hydrogen (secondary N) is 2. The average molecular weight is 419 g/mol. The fourth-order valence-corrected chi connectivity index (χ4v) is 4.14. The molecule has 1 saturated heterocycles. The number of fused-ring (bicyclic) bond motifs is 1. The number of halogens is 1. The third-order valence-corrected chi connectivity index (χ3v) is 5.50. The van der Waals surface area contributed by atoms with E-state index in [9.17, 15) is 14.9 Å². The molecule has 0 aromatic heterocycles. The van der Waals surface area contributed by atoms with Gasteiger partial charge in [-0.3, -0.25) is 14.9 Å². The predicted octanol–water partition coefficient (Wildman–Crippen LogP) is 2.38. The second-order valence-electron chi connectivity index (χ2n) is 7.15. The summed E-state index contributed by atoms with van der Waals surface area (Å²) in [5, 5.41) is 14.2. The molecular weight excluding hydrogens is 398 g/mol. The Morgan fingerprint density at radius 2 is 2.00 bits per heavy atom. The molecule has 0 bridgehead atoms. The van der Waals surface area contributed by atoms with Crippen molar-refractivity contribution in [2.75, 3.05) is 31.6 Å². The summed E-state index contributed by atoms with van der Waals surface area (Å²) < 4.78 is 11.3. The van der Waals surface area contributed by atoms with Crippen LogP contribution in [-0.2, 0) is 4.79 Å². The third kappa shape index (κ3) is 4.28. The lowest BCUT2D eigenvalue weighted by molar-refractivity contribution is -0.910. The normalized spacial score (nSPS) is 20.3. The molecule has 0 saturated carbocycles. The maximum absolute atomic E-state index is 12.6. The lowest BCUT2D eigenvalue weighted by Crippen LogP contribution is -3.11. The molecule has 0 radical (unpaired) electrons. The minimum Gasteiger partial charge on any atom is -0.486 e. The van der Waals surface area contributed by atoms with Crippen LogP contribution in [0.2, 0.25) is 5.02 Å². The van der Waals surface area contributed by atoms with Gasteiger partial charge >= 0.3 is 0 Å². The first kappa shape index (κ1) is 19.5. The van der Waals surface area contributed by atoms with E-state index >= 15 is 0 Å². The van der Waals surface area contributed by atoms with Crippen molar-refractivity contribution in [2.45, 2.75) is 18.9 Å². The number of likely N-dealkylation sites (tertiary alicyclic amines) is 1. The zero-order valence-corrected chi connectivity index (χ0v) is 16.4. The molecule has 4 rings (SSSR count). The summed E-state index contributed by atoms with van der Waals surface area (Å²) in [5.41, 5.74) is 1.04. The Kier molecular flexibility index (Phi) is 5.55. The number of nitro groups is 1. The third-order valence-electron chi connectivity index (χ3n) is 5.27. The van der Waals surface area contributed by atoms with Gasteiger partial charge in [-0.05, 0) is 30.3 Å². The lowest BCUT2D eigenvalue weighted by Gasteiger charge is -2.24. The Morgan fingerprint density at radius 1 is 1.21 bits per heavy atom. The number of anilines is 1. The van der Waals surface area contributed by atoms with Crippen LogP contribution in [0.25, 0.3) is 0 Å². The quantitative estimate of drug-likeness (QED) is 0.574. The lowest BCUT2D eigenvalue weighted by atomic mass is 10.0. The minimum atomic E-state index is -0.535. The number of hydrogen-bond donors (Lipinski definition) is 2. The van der Waals surface area contributed by atoms with Gasteiger partial charge in [0.1, 0.15) is 24.9 Å². The zero-order chi connectivity index (χ0) is 20.4. The fraction of sp³-hybridized carbons (Fsp3) is 0.350. The SMILES string of the molecule is O=C(C[NH+]1CCC[C@@H]1c1ccc2c(c1)OCCO2)Nc1cc(Cl)ccc1[N+](=O)[O-]. The Hall–Kier alpha value is -2.84. The zero-order valence-electron chi connectivity index (χ0n) is 15.7. The number of carbonyl (C=O) groups is 1. The maximum atomic E-state index is 12.6. The number of quaternary nitrogens is 1. The van der Waals surface area contributed by atoms with Gasteiger partial charge < -0.3 is 19.7 Å². The van der Waals surface area contributed by atoms with Crippen LogP contribution in [0.4, 0.5) is 11.4 Å². The topological polar surface area (TPSA) is 95.1 Å². The molecule has 0 spiro atoms. The highest BCUT2D eigenvalue weighted by molar-refractivity contribution is 6.31. The van der Waals surface area contributed by atoms with E-state index in [-0.39, 0.29) is 29.9 Å². The first-order chi connectivity index (χ1) is 14.0. The summed E-state index contributed by atoms with van der Waals surface area (Å²) in [6, 6.07) is 10.2. The molecule has 2 aliphatic rings. The highest BCUT2D eigenvalue weighted by atomic mass is 35.5. The van der Waals surface area contributed by atoms with Gasteiger partial charge in [-0.25, -0.2) is 0 Å². The molecule has 152 valence electrons. The average Bonchev–Trinajstić information content (AvgIpc) is 3.15. The van der Waals surface area contributed by atoms with E-state index in [1.165, 1.54) is 18.2 Å². The van der Waals surface area contributed by atoms with E-state index in [0.29, 0.717) is 18.2 Å². The minimum absolute atomic E-state index is 0.113. The summed E-state index contributed by atoms with van der Waals surface area (Å²) in [4.78, 5) is 24.4. The van der Waals surface area contributed by atoms with Crippen LogP contribution < -0.4 is 19.7 Å². The van der Waals surface area contributed by atoms with E-state index in [2.05, 4.69) is 5.32 Å². The Labute approximate surface area is 172 Å². The summed E-state index contributed by atoms with van der Waals surface area (Å²) >= 11 is 5.94. The highest BCUT2D eigenvalue weighted by Crippen LogP contribution is 2.33. The van der Waals surface area contributed by atoms with Crippen molar-refractivity contribution in [1.82, 2.24) is 0 Å². The second-order valence-corrected chi connectivity index (χ2v) is 7.59. The van der Waals surface area contributed by atoms with Gasteiger partial charge in [0, 0.05) is 29.5 Å². The monoisotopic (exact) mass is 418 g/mol. The number of carbonyl (C=O) groups excluding carboxylic acids is 1. The molecule has 0 aliphatic carbocycles. The molecule has 2 aromatic rings. The van der Waals surface area contributed by atoms with E-state index in [0.717, 1.165) is 41.3 Å². The number of rotatable bonds is 5. The number of hydrogen-bond acceptors (Lipinski definition) is 5. The number of benzene rings is 2. The summed E-state index contributed by atoms with van der Waals surface area (Å²) in [5.74, 6) is 1.19. The van der Waals surface area contributed by atoms with Gasteiger partial charge in [0.2, 0.25) is 0 Å². The van der Waals surface area contributed by atoms with Gasteiger partial charge in [-0.2, -0.15) is 0 Å². The summed E-state index contributed by atoms with van der Waals surface area (Å²) in [6.45, 7) is 2.13. The number of amides is 1. The molecule has 8 nitrogen and oxygen atoms in total. The van der Waals surface area contributed by atoms with E-state index < -0.39 is 4.92 Å². The molecular formula is C20H21ClN3O5+. The first-order valence-electron chi connectivity index (χ1n) is 9.49. The number of nitrogens with zero attached hydrogens (tertiary/aromatic N) is 1. The van der Waals surface area contributed by atoms with E-state index in [1.807, 2.05) is 18.2 Å². The molecule has 9 heteroatoms. The second kappa shape index (κ2) is 8.26. The summed E-state index contributed by atoms with van der Waals surface area (Å²) in [6.07, 6.45) is 1.96. The van der Waals surface area contributed by atoms with Crippen LogP contribution in [0.3, 0.4) is 0 Å². The van der Waals surface area contributed by atoms with E-state index in [1.54, 1.807) is 0 Å². The van der Waals surface area contributed by atoms with Crippen LogP contribution >= 0.6 is 11.6 Å². The maximum Gasteiger partial charge on any atom is 0.292 e. The van der Waals surface area contributed by atoms with Crippen LogP contribution in [-0.4, -0.2) is 37.1 Å². The van der Waals surface area contributed by atoms with Crippen molar-refractivity contribution in [2.24, 2.45) is 0 Å². The van der Waals surface area contributed by atoms with Crippen molar-refractivity contribution < 1.29 is 24.1 Å². The van der Waals surface area contributed by atoms with Crippen molar-refractivity contribution >= 4 is 28.9 Å². The molecule has 2 atom stereocenters. The van der Waals surface area contributed by atoms with Crippen LogP contribution in [0.5, 0.6) is 11.5 Å².